The van der Waals surface area contributed by atoms with E-state index in [0.717, 1.165) is 39.1 Å². The van der Waals surface area contributed by atoms with Gasteiger partial charge in [-0.1, -0.05) is 18.2 Å². The van der Waals surface area contributed by atoms with E-state index in [1.165, 1.54) is 0 Å². The highest BCUT2D eigenvalue weighted by Crippen LogP contribution is 2.27. The Morgan fingerprint density at radius 1 is 1.08 bits per heavy atom. The Morgan fingerprint density at radius 3 is 2.73 bits per heavy atom. The van der Waals surface area contributed by atoms with E-state index in [9.17, 15) is 9.59 Å². The molecule has 1 aliphatic heterocycles. The molecule has 9 heteroatoms. The molecule has 0 bridgehead atoms. The van der Waals surface area contributed by atoms with Crippen LogP contribution in [0.3, 0.4) is 0 Å². The number of ether oxygens (including phenoxy) is 1. The molecule has 190 valence electrons. The number of nitrogens with one attached hydrogen (secondary N) is 1. The minimum Gasteiger partial charge on any atom is -0.472 e. The smallest absolute Gasteiger partial charge is 0.309 e. The molecule has 2 aromatic heterocycles. The number of rotatable bonds is 9. The molecule has 2 aromatic carbocycles. The first-order chi connectivity index (χ1) is 18.1. The van der Waals surface area contributed by atoms with Crippen LogP contribution in [0, 0.1) is 0 Å². The molecule has 9 nitrogen and oxygen atoms in total. The highest BCUT2D eigenvalue weighted by Gasteiger charge is 2.23. The van der Waals surface area contributed by atoms with Gasteiger partial charge in [-0.25, -0.2) is 4.98 Å². The van der Waals surface area contributed by atoms with Gasteiger partial charge in [0.05, 0.1) is 35.7 Å². The van der Waals surface area contributed by atoms with E-state index in [-0.39, 0.29) is 18.9 Å². The Morgan fingerprint density at radius 2 is 1.95 bits per heavy atom. The molecule has 1 N–H and O–H groups in total. The number of likely N-dealkylation sites (N-methyl/N-ethyl adjacent to an activating group) is 1. The largest absolute Gasteiger partial charge is 0.472 e. The number of hydrogen-bond donors (Lipinski definition) is 1. The van der Waals surface area contributed by atoms with E-state index in [1.54, 1.807) is 23.8 Å². The van der Waals surface area contributed by atoms with Gasteiger partial charge >= 0.3 is 5.97 Å². The van der Waals surface area contributed by atoms with Gasteiger partial charge in [-0.15, -0.1) is 0 Å². The second-order valence-electron chi connectivity index (χ2n) is 8.65. The monoisotopic (exact) mass is 500 g/mol. The maximum absolute atomic E-state index is 12.2. The van der Waals surface area contributed by atoms with Crippen LogP contribution >= 0.6 is 0 Å². The third-order valence-electron chi connectivity index (χ3n) is 6.35. The van der Waals surface area contributed by atoms with Gasteiger partial charge in [0.2, 0.25) is 0 Å². The number of carbonyl (C=O) groups is 2. The van der Waals surface area contributed by atoms with Crippen LogP contribution in [0.1, 0.15) is 25.8 Å². The molecular formula is C28H28N4O5. The molecule has 0 saturated carbocycles. The molecule has 0 fully saturated rings. The van der Waals surface area contributed by atoms with E-state index < -0.39 is 12.1 Å². The van der Waals surface area contributed by atoms with Gasteiger partial charge in [0, 0.05) is 29.9 Å². The van der Waals surface area contributed by atoms with E-state index >= 15 is 0 Å². The van der Waals surface area contributed by atoms with Crippen LogP contribution in [0.4, 0.5) is 0 Å². The zero-order valence-corrected chi connectivity index (χ0v) is 20.7. The first-order valence-electron chi connectivity index (χ1n) is 12.2. The van der Waals surface area contributed by atoms with Gasteiger partial charge in [-0.05, 0) is 55.8 Å². The summed E-state index contributed by atoms with van der Waals surface area (Å²) in [5.41, 5.74) is 9.41. The lowest BCUT2D eigenvalue weighted by atomic mass is 10.1. The quantitative estimate of drug-likeness (QED) is 0.342. The maximum atomic E-state index is 12.2. The Balaban J connectivity index is 1.27. The van der Waals surface area contributed by atoms with Crippen LogP contribution in [0.5, 0.6) is 0 Å². The predicted octanol–water partition coefficient (Wildman–Crippen LogP) is 4.33. The Bertz CT molecular complexity index is 1440. The molecule has 0 saturated heterocycles. The summed E-state index contributed by atoms with van der Waals surface area (Å²) in [5.74, 6) is -0.695. The number of hydrogen-bond acceptors (Lipinski definition) is 7. The van der Waals surface area contributed by atoms with Crippen molar-refractivity contribution in [3.05, 3.63) is 79.0 Å². The van der Waals surface area contributed by atoms with Gasteiger partial charge in [0.25, 0.3) is 5.91 Å². The van der Waals surface area contributed by atoms with Crippen molar-refractivity contribution in [2.45, 2.75) is 26.4 Å². The van der Waals surface area contributed by atoms with Crippen molar-refractivity contribution in [3.63, 3.8) is 0 Å². The number of carbonyl (C=O) groups excluding carboxylic acids is 2. The van der Waals surface area contributed by atoms with Crippen LogP contribution in [-0.2, 0) is 19.2 Å². The summed E-state index contributed by atoms with van der Waals surface area (Å²) >= 11 is 0. The number of imidazole rings is 1. The third-order valence-corrected chi connectivity index (χ3v) is 6.35. The summed E-state index contributed by atoms with van der Waals surface area (Å²) in [5, 5.41) is 0. The number of hydroxylamine groups is 1. The van der Waals surface area contributed by atoms with E-state index in [1.807, 2.05) is 73.0 Å². The lowest BCUT2D eigenvalue weighted by Gasteiger charge is -2.18. The molecule has 4 aromatic rings. The van der Waals surface area contributed by atoms with Gasteiger partial charge in [0.15, 0.2) is 6.61 Å². The molecule has 1 amide bonds. The fraction of sp³-hybridized carbons (Fsp3) is 0.250. The molecule has 1 aliphatic rings. The SMILES string of the molecule is CCN(CC)C(=O)COC(=O)CC1C=C(c2cccc(-n3cnc4cc(-c5ccoc5)ccc43)c2)NO1. The van der Waals surface area contributed by atoms with Crippen molar-refractivity contribution in [1.29, 1.82) is 0 Å². The van der Waals surface area contributed by atoms with E-state index in [2.05, 4.69) is 10.5 Å². The molecule has 0 spiro atoms. The van der Waals surface area contributed by atoms with Crippen molar-refractivity contribution in [1.82, 2.24) is 19.9 Å². The summed E-state index contributed by atoms with van der Waals surface area (Å²) in [6.07, 6.45) is 6.52. The Kier molecular flexibility index (Phi) is 7.04. The lowest BCUT2D eigenvalue weighted by molar-refractivity contribution is -0.153. The fourth-order valence-corrected chi connectivity index (χ4v) is 4.33. The van der Waals surface area contributed by atoms with Crippen LogP contribution in [0.15, 0.2) is 77.9 Å². The topological polar surface area (TPSA) is 98.8 Å². The molecule has 1 unspecified atom stereocenters. The zero-order chi connectivity index (χ0) is 25.8. The number of benzene rings is 2. The number of furan rings is 1. The molecule has 0 aliphatic carbocycles. The normalized spacial score (nSPS) is 14.9. The fourth-order valence-electron chi connectivity index (χ4n) is 4.33. The predicted molar refractivity (Wildman–Crippen MR) is 138 cm³/mol. The first kappa shape index (κ1) is 24.3. The van der Waals surface area contributed by atoms with E-state index in [0.29, 0.717) is 13.1 Å². The summed E-state index contributed by atoms with van der Waals surface area (Å²) < 4.78 is 12.4. The second-order valence-corrected chi connectivity index (χ2v) is 8.65. The Hall–Kier alpha value is -4.37. The number of amides is 1. The standard InChI is InChI=1S/C28H28N4O5/c1-3-31(4-2)27(33)17-36-28(34)15-23-14-24(30-37-23)20-6-5-7-22(12-20)32-18-29-25-13-19(8-9-26(25)32)21-10-11-35-16-21/h5-14,16,18,23,30H,3-4,15,17H2,1-2H3. The highest BCUT2D eigenvalue weighted by atomic mass is 16.7. The van der Waals surface area contributed by atoms with Gasteiger partial charge in [-0.3, -0.25) is 24.5 Å². The highest BCUT2D eigenvalue weighted by molar-refractivity contribution is 5.84. The lowest BCUT2D eigenvalue weighted by Crippen LogP contribution is -2.34. The summed E-state index contributed by atoms with van der Waals surface area (Å²) in [6.45, 7) is 4.67. The van der Waals surface area contributed by atoms with E-state index in [4.69, 9.17) is 14.0 Å². The average molecular weight is 501 g/mol. The number of aromatic nitrogens is 2. The zero-order valence-electron chi connectivity index (χ0n) is 20.7. The van der Waals surface area contributed by atoms with Crippen molar-refractivity contribution < 1.29 is 23.6 Å². The van der Waals surface area contributed by atoms with Crippen molar-refractivity contribution >= 4 is 28.6 Å². The molecule has 0 radical (unpaired) electrons. The minimum atomic E-state index is -0.495. The Labute approximate surface area is 214 Å². The number of fused-ring (bicyclic) bond motifs is 1. The maximum Gasteiger partial charge on any atom is 0.309 e. The van der Waals surface area contributed by atoms with Crippen LogP contribution in [0.2, 0.25) is 0 Å². The molecule has 3 heterocycles. The average Bonchev–Trinajstić information content (AvgIpc) is 3.69. The van der Waals surface area contributed by atoms with Crippen LogP contribution in [0.25, 0.3) is 33.5 Å². The molecule has 37 heavy (non-hydrogen) atoms. The summed E-state index contributed by atoms with van der Waals surface area (Å²) in [6, 6.07) is 16.0. The van der Waals surface area contributed by atoms with Gasteiger partial charge in [-0.2, -0.15) is 0 Å². The van der Waals surface area contributed by atoms with Crippen LogP contribution in [-0.4, -0.2) is 52.1 Å². The van der Waals surface area contributed by atoms with Gasteiger partial charge < -0.3 is 14.1 Å². The molecule has 1 atom stereocenters. The van der Waals surface area contributed by atoms with Gasteiger partial charge in [0.1, 0.15) is 12.4 Å². The van der Waals surface area contributed by atoms with Crippen LogP contribution < -0.4 is 5.48 Å². The number of nitrogens with zero attached hydrogens (tertiary/aromatic N) is 3. The first-order valence-corrected chi connectivity index (χ1v) is 12.2. The second kappa shape index (κ2) is 10.7. The summed E-state index contributed by atoms with van der Waals surface area (Å²) in [7, 11) is 0. The van der Waals surface area contributed by atoms with Crippen molar-refractivity contribution in [2.75, 3.05) is 19.7 Å². The third kappa shape index (κ3) is 5.26. The van der Waals surface area contributed by atoms with Crippen molar-refractivity contribution in [2.24, 2.45) is 0 Å². The summed E-state index contributed by atoms with van der Waals surface area (Å²) in [4.78, 5) is 36.1. The van der Waals surface area contributed by atoms with Crippen molar-refractivity contribution in [3.8, 4) is 16.8 Å². The number of esters is 1. The molecular weight excluding hydrogens is 472 g/mol. The molecule has 5 rings (SSSR count). The minimum absolute atomic E-state index is 0.00682.